The van der Waals surface area contributed by atoms with Crippen LogP contribution in [0.25, 0.3) is 0 Å². The second kappa shape index (κ2) is 4.36. The Kier molecular flexibility index (Phi) is 3.28. The van der Waals surface area contributed by atoms with E-state index >= 15 is 0 Å². The molecular weight excluding hydrogens is 228 g/mol. The molecule has 0 amide bonds. The summed E-state index contributed by atoms with van der Waals surface area (Å²) in [5.74, 6) is 0.238. The summed E-state index contributed by atoms with van der Waals surface area (Å²) in [5, 5.41) is 0. The van der Waals surface area contributed by atoms with Gasteiger partial charge >= 0.3 is 5.97 Å². The molecule has 0 aromatic carbocycles. The summed E-state index contributed by atoms with van der Waals surface area (Å²) in [6, 6.07) is 0. The van der Waals surface area contributed by atoms with Crippen LogP contribution in [0, 0.1) is 16.7 Å². The van der Waals surface area contributed by atoms with Crippen molar-refractivity contribution in [3.05, 3.63) is 0 Å². The maximum atomic E-state index is 11.9. The highest BCUT2D eigenvalue weighted by molar-refractivity contribution is 5.79. The van der Waals surface area contributed by atoms with E-state index in [-0.39, 0.29) is 28.8 Å². The van der Waals surface area contributed by atoms with Crippen molar-refractivity contribution in [3.63, 3.8) is 0 Å². The monoisotopic (exact) mass is 252 g/mol. The molecule has 0 heterocycles. The van der Waals surface area contributed by atoms with Crippen LogP contribution in [-0.2, 0) is 14.3 Å². The molecule has 0 unspecified atom stereocenters. The van der Waals surface area contributed by atoms with E-state index in [1.54, 1.807) is 6.92 Å². The maximum absolute atomic E-state index is 11.9. The molecule has 18 heavy (non-hydrogen) atoms. The van der Waals surface area contributed by atoms with Crippen LogP contribution in [0.4, 0.5) is 0 Å². The van der Waals surface area contributed by atoms with Crippen LogP contribution >= 0.6 is 0 Å². The van der Waals surface area contributed by atoms with Crippen molar-refractivity contribution in [2.24, 2.45) is 16.7 Å². The van der Waals surface area contributed by atoms with E-state index in [4.69, 9.17) is 4.74 Å². The lowest BCUT2D eigenvalue weighted by molar-refractivity contribution is -0.167. The number of carbonyl (C=O) groups is 2. The molecule has 2 fully saturated rings. The Labute approximate surface area is 109 Å². The van der Waals surface area contributed by atoms with Crippen molar-refractivity contribution in [1.82, 2.24) is 0 Å². The van der Waals surface area contributed by atoms with Gasteiger partial charge in [-0.3, -0.25) is 9.59 Å². The summed E-state index contributed by atoms with van der Waals surface area (Å²) in [6.45, 7) is 7.62. The van der Waals surface area contributed by atoms with Gasteiger partial charge in [-0.05, 0) is 44.4 Å². The number of rotatable bonds is 2. The lowest BCUT2D eigenvalue weighted by atomic mass is 9.55. The third kappa shape index (κ3) is 1.79. The first-order chi connectivity index (χ1) is 8.31. The van der Waals surface area contributed by atoms with Gasteiger partial charge in [0.2, 0.25) is 0 Å². The average molecular weight is 252 g/mol. The van der Waals surface area contributed by atoms with E-state index in [1.807, 2.05) is 0 Å². The van der Waals surface area contributed by atoms with Gasteiger partial charge in [0.1, 0.15) is 11.9 Å². The largest absolute Gasteiger partial charge is 0.462 e. The van der Waals surface area contributed by atoms with E-state index in [0.717, 1.165) is 32.1 Å². The normalized spacial score (nSPS) is 43.3. The molecule has 2 rings (SSSR count). The molecule has 0 bridgehead atoms. The molecule has 2 aliphatic rings. The predicted octanol–water partition coefficient (Wildman–Crippen LogP) is 3.11. The minimum absolute atomic E-state index is 0.00278. The topological polar surface area (TPSA) is 43.4 Å². The Morgan fingerprint density at radius 2 is 1.72 bits per heavy atom. The zero-order valence-electron chi connectivity index (χ0n) is 11.9. The minimum atomic E-state index is -0.197. The first-order valence-electron chi connectivity index (χ1n) is 6.99. The van der Waals surface area contributed by atoms with Gasteiger partial charge < -0.3 is 4.74 Å². The maximum Gasteiger partial charge on any atom is 0.302 e. The van der Waals surface area contributed by atoms with Gasteiger partial charge in [-0.25, -0.2) is 0 Å². The lowest BCUT2D eigenvalue weighted by Gasteiger charge is -2.51. The highest BCUT2D eigenvalue weighted by Crippen LogP contribution is 2.64. The molecule has 0 aromatic rings. The fraction of sp³-hybridized carbons (Fsp3) is 0.867. The van der Waals surface area contributed by atoms with Crippen molar-refractivity contribution in [1.29, 1.82) is 0 Å². The predicted molar refractivity (Wildman–Crippen MR) is 69.0 cm³/mol. The van der Waals surface area contributed by atoms with E-state index in [0.29, 0.717) is 5.78 Å². The zero-order valence-corrected chi connectivity index (χ0v) is 11.9. The molecule has 0 spiro atoms. The summed E-state index contributed by atoms with van der Waals surface area (Å²) >= 11 is 0. The Morgan fingerprint density at radius 1 is 1.06 bits per heavy atom. The molecule has 0 radical (unpaired) electrons. The highest BCUT2D eigenvalue weighted by Gasteiger charge is 2.61. The Balaban J connectivity index is 2.32. The van der Waals surface area contributed by atoms with Crippen molar-refractivity contribution >= 4 is 11.8 Å². The summed E-state index contributed by atoms with van der Waals surface area (Å²) in [6.07, 6.45) is 4.99. The van der Waals surface area contributed by atoms with Crippen LogP contribution in [0.3, 0.4) is 0 Å². The van der Waals surface area contributed by atoms with Gasteiger partial charge in [-0.1, -0.05) is 13.8 Å². The summed E-state index contributed by atoms with van der Waals surface area (Å²) in [4.78, 5) is 23.1. The summed E-state index contributed by atoms with van der Waals surface area (Å²) in [5.41, 5.74) is -0.0372. The van der Waals surface area contributed by atoms with Crippen LogP contribution in [0.5, 0.6) is 0 Å². The van der Waals surface area contributed by atoms with Crippen LogP contribution in [0.2, 0.25) is 0 Å². The van der Waals surface area contributed by atoms with Crippen LogP contribution in [0.15, 0.2) is 0 Å². The molecule has 0 aliphatic heterocycles. The van der Waals surface area contributed by atoms with Gasteiger partial charge in [0.15, 0.2) is 0 Å². The van der Waals surface area contributed by atoms with Crippen molar-refractivity contribution in [2.75, 3.05) is 0 Å². The van der Waals surface area contributed by atoms with E-state index in [2.05, 4.69) is 13.8 Å². The number of fused-ring (bicyclic) bond motifs is 1. The minimum Gasteiger partial charge on any atom is -0.462 e. The second-order valence-corrected chi connectivity index (χ2v) is 6.53. The third-order valence-corrected chi connectivity index (χ3v) is 5.70. The summed E-state index contributed by atoms with van der Waals surface area (Å²) < 4.78 is 5.55. The number of hydrogen-bond acceptors (Lipinski definition) is 3. The van der Waals surface area contributed by atoms with Crippen molar-refractivity contribution in [2.45, 2.75) is 65.9 Å². The molecule has 2 aliphatic carbocycles. The van der Waals surface area contributed by atoms with E-state index in [9.17, 15) is 9.59 Å². The van der Waals surface area contributed by atoms with E-state index < -0.39 is 0 Å². The first kappa shape index (κ1) is 13.6. The average Bonchev–Trinajstić information content (AvgIpc) is 2.52. The van der Waals surface area contributed by atoms with Crippen molar-refractivity contribution < 1.29 is 14.3 Å². The molecule has 4 atom stereocenters. The molecular formula is C15H24O3. The fourth-order valence-electron chi connectivity index (χ4n) is 4.45. The number of carbonyl (C=O) groups excluding carboxylic acids is 2. The SMILES string of the molecule is CC(=O)O[C@H]1CCC[C@]2(C)[C@@H](C(C)=O)CC[C@@]12C. The molecule has 102 valence electrons. The van der Waals surface area contributed by atoms with Gasteiger partial charge in [0, 0.05) is 18.3 Å². The standard InChI is InChI=1S/C15H24O3/c1-10(16)12-7-9-15(4)13(18-11(2)17)6-5-8-14(12,15)3/h12-13H,5-9H2,1-4H3/t12-,13+,14-,15+/m1/s1. The van der Waals surface area contributed by atoms with E-state index in [1.165, 1.54) is 6.92 Å². The van der Waals surface area contributed by atoms with Gasteiger partial charge in [-0.2, -0.15) is 0 Å². The number of ether oxygens (including phenoxy) is 1. The second-order valence-electron chi connectivity index (χ2n) is 6.53. The lowest BCUT2D eigenvalue weighted by Crippen LogP contribution is -2.51. The molecule has 2 saturated carbocycles. The summed E-state index contributed by atoms with van der Waals surface area (Å²) in [7, 11) is 0. The fourth-order valence-corrected chi connectivity index (χ4v) is 4.45. The Hall–Kier alpha value is -0.860. The van der Waals surface area contributed by atoms with Crippen molar-refractivity contribution in [3.8, 4) is 0 Å². The molecule has 0 saturated heterocycles. The molecule has 3 nitrogen and oxygen atoms in total. The Bertz CT molecular complexity index is 376. The van der Waals surface area contributed by atoms with Crippen LogP contribution in [-0.4, -0.2) is 17.9 Å². The smallest absolute Gasteiger partial charge is 0.302 e. The number of ketones is 1. The quantitative estimate of drug-likeness (QED) is 0.709. The van der Waals surface area contributed by atoms with Crippen LogP contribution < -0.4 is 0 Å². The number of Topliss-reactive ketones (excluding diaryl/α,β-unsaturated/α-hetero) is 1. The third-order valence-electron chi connectivity index (χ3n) is 5.70. The van der Waals surface area contributed by atoms with Gasteiger partial charge in [-0.15, -0.1) is 0 Å². The molecule has 0 N–H and O–H groups in total. The zero-order chi connectivity index (χ0) is 13.6. The molecule has 0 aromatic heterocycles. The van der Waals surface area contributed by atoms with Gasteiger partial charge in [0.05, 0.1) is 0 Å². The van der Waals surface area contributed by atoms with Crippen LogP contribution in [0.1, 0.15) is 59.8 Å². The first-order valence-corrected chi connectivity index (χ1v) is 6.99. The number of esters is 1. The Morgan fingerprint density at radius 3 is 2.28 bits per heavy atom. The highest BCUT2D eigenvalue weighted by atomic mass is 16.5. The number of hydrogen-bond donors (Lipinski definition) is 0. The molecule has 3 heteroatoms. The van der Waals surface area contributed by atoms with Gasteiger partial charge in [0.25, 0.3) is 0 Å².